The number of methoxy groups -OCH3 is 1. The Kier molecular flexibility index (Phi) is 6.56. The second-order valence-corrected chi connectivity index (χ2v) is 9.99. The number of aromatic nitrogens is 1. The van der Waals surface area contributed by atoms with Crippen LogP contribution < -0.4 is 5.32 Å². The molecule has 200 valence electrons. The quantitative estimate of drug-likeness (QED) is 0.216. The number of anilines is 1. The summed E-state index contributed by atoms with van der Waals surface area (Å²) in [6.45, 7) is 1.83. The molecule has 0 radical (unpaired) electrons. The minimum Gasteiger partial charge on any atom is -0.468 e. The van der Waals surface area contributed by atoms with Gasteiger partial charge in [0.25, 0.3) is 0 Å². The van der Waals surface area contributed by atoms with Crippen LogP contribution in [0.15, 0.2) is 102 Å². The third-order valence-corrected chi connectivity index (χ3v) is 7.52. The number of fused-ring (bicyclic) bond motifs is 1. The number of hydrogen-bond donors (Lipinski definition) is 1. The molecule has 0 aliphatic heterocycles. The number of carbonyl (C=O) groups excluding carboxylic acids is 2. The van der Waals surface area contributed by atoms with E-state index >= 15 is 0 Å². The Balaban J connectivity index is 1.25. The highest BCUT2D eigenvalue weighted by molar-refractivity contribution is 6.04. The number of rotatable bonds is 7. The molecule has 0 spiro atoms. The molecule has 7 nitrogen and oxygen atoms in total. The second-order valence-electron chi connectivity index (χ2n) is 9.99. The molecule has 5 aromatic rings. The maximum Gasteiger partial charge on any atom is 0.412 e. The molecule has 1 atom stereocenters. The number of carbonyl (C=O) groups is 2. The number of furan rings is 1. The van der Waals surface area contributed by atoms with Gasteiger partial charge in [0, 0.05) is 17.1 Å². The standard InChI is InChI=1S/C33H28N2O5/c1-21(22-6-4-3-5-7-22)39-32(37)35-29-27-16-19-34-20-28(27)40-30(29)25-10-8-23(9-11-25)24-12-14-26(15-13-24)33(17-18-33)31(36)38-2/h3-16,19-21H,17-18H2,1-2H3,(H,35,37)/t21-/m1/s1. The van der Waals surface area contributed by atoms with Crippen LogP contribution in [-0.4, -0.2) is 24.2 Å². The van der Waals surface area contributed by atoms with Crippen molar-refractivity contribution in [3.63, 3.8) is 0 Å². The van der Waals surface area contributed by atoms with Crippen molar-refractivity contribution in [2.24, 2.45) is 0 Å². The van der Waals surface area contributed by atoms with Crippen molar-refractivity contribution in [1.82, 2.24) is 4.98 Å². The zero-order chi connectivity index (χ0) is 27.7. The van der Waals surface area contributed by atoms with Gasteiger partial charge in [-0.1, -0.05) is 78.9 Å². The summed E-state index contributed by atoms with van der Waals surface area (Å²) in [6, 6.07) is 27.3. The van der Waals surface area contributed by atoms with E-state index in [0.29, 0.717) is 17.0 Å². The number of ether oxygens (including phenoxy) is 2. The Morgan fingerprint density at radius 1 is 0.900 bits per heavy atom. The number of esters is 1. The van der Waals surface area contributed by atoms with E-state index in [-0.39, 0.29) is 5.97 Å². The fourth-order valence-corrected chi connectivity index (χ4v) is 5.09. The number of amides is 1. The summed E-state index contributed by atoms with van der Waals surface area (Å²) in [5.41, 5.74) is 5.32. The Morgan fingerprint density at radius 3 is 2.20 bits per heavy atom. The van der Waals surface area contributed by atoms with E-state index < -0.39 is 17.6 Å². The lowest BCUT2D eigenvalue weighted by Crippen LogP contribution is -2.21. The lowest BCUT2D eigenvalue weighted by molar-refractivity contribution is -0.143. The second kappa shape index (κ2) is 10.3. The molecule has 2 aromatic heterocycles. The van der Waals surface area contributed by atoms with Crippen molar-refractivity contribution in [2.45, 2.75) is 31.3 Å². The highest BCUT2D eigenvalue weighted by atomic mass is 16.6. The van der Waals surface area contributed by atoms with Crippen LogP contribution >= 0.6 is 0 Å². The van der Waals surface area contributed by atoms with Gasteiger partial charge in [-0.3, -0.25) is 15.1 Å². The first-order valence-electron chi connectivity index (χ1n) is 13.2. The summed E-state index contributed by atoms with van der Waals surface area (Å²) in [6.07, 6.45) is 3.92. The van der Waals surface area contributed by atoms with Crippen LogP contribution in [0.3, 0.4) is 0 Å². The number of pyridine rings is 1. The molecule has 1 aliphatic rings. The summed E-state index contributed by atoms with van der Waals surface area (Å²) in [7, 11) is 1.44. The van der Waals surface area contributed by atoms with Gasteiger partial charge in [-0.15, -0.1) is 0 Å². The smallest absolute Gasteiger partial charge is 0.412 e. The predicted molar refractivity (Wildman–Crippen MR) is 153 cm³/mol. The van der Waals surface area contributed by atoms with Gasteiger partial charge in [-0.05, 0) is 48.1 Å². The molecule has 1 N–H and O–H groups in total. The Morgan fingerprint density at radius 2 is 1.55 bits per heavy atom. The van der Waals surface area contributed by atoms with Gasteiger partial charge < -0.3 is 13.9 Å². The van der Waals surface area contributed by atoms with Crippen LogP contribution in [0, 0.1) is 0 Å². The van der Waals surface area contributed by atoms with E-state index in [4.69, 9.17) is 13.9 Å². The lowest BCUT2D eigenvalue weighted by atomic mass is 9.93. The van der Waals surface area contributed by atoms with Gasteiger partial charge >= 0.3 is 12.1 Å². The van der Waals surface area contributed by atoms with Crippen LogP contribution in [0.4, 0.5) is 10.5 Å². The number of nitrogens with zero attached hydrogens (tertiary/aromatic N) is 1. The summed E-state index contributed by atoms with van der Waals surface area (Å²) in [5, 5.41) is 3.63. The average molecular weight is 533 g/mol. The van der Waals surface area contributed by atoms with Crippen molar-refractivity contribution in [3.8, 4) is 22.5 Å². The maximum absolute atomic E-state index is 12.9. The van der Waals surface area contributed by atoms with Crippen LogP contribution in [0.25, 0.3) is 33.4 Å². The molecule has 2 heterocycles. The molecule has 1 saturated carbocycles. The SMILES string of the molecule is COC(=O)C1(c2ccc(-c3ccc(-c4oc5cnccc5c4NC(=O)O[C@H](C)c4ccccc4)cc3)cc2)CC1. The highest BCUT2D eigenvalue weighted by Gasteiger charge is 2.52. The monoisotopic (exact) mass is 532 g/mol. The molecule has 1 amide bonds. The zero-order valence-electron chi connectivity index (χ0n) is 22.2. The molecule has 1 aliphatic carbocycles. The highest BCUT2D eigenvalue weighted by Crippen LogP contribution is 2.49. The zero-order valence-corrected chi connectivity index (χ0v) is 22.2. The molecule has 7 heteroatoms. The molecule has 40 heavy (non-hydrogen) atoms. The minimum atomic E-state index is -0.575. The van der Waals surface area contributed by atoms with E-state index in [1.54, 1.807) is 18.5 Å². The lowest BCUT2D eigenvalue weighted by Gasteiger charge is -2.14. The largest absolute Gasteiger partial charge is 0.468 e. The summed E-state index contributed by atoms with van der Waals surface area (Å²) in [5.74, 6) is 0.344. The maximum atomic E-state index is 12.9. The van der Waals surface area contributed by atoms with Gasteiger partial charge in [0.05, 0.1) is 24.4 Å². The van der Waals surface area contributed by atoms with Crippen molar-refractivity contribution < 1.29 is 23.5 Å². The van der Waals surface area contributed by atoms with Crippen molar-refractivity contribution in [1.29, 1.82) is 0 Å². The normalized spacial score (nSPS) is 14.3. The first-order valence-corrected chi connectivity index (χ1v) is 13.2. The average Bonchev–Trinajstić information content (AvgIpc) is 3.74. The van der Waals surface area contributed by atoms with Crippen LogP contribution in [-0.2, 0) is 19.7 Å². The predicted octanol–water partition coefficient (Wildman–Crippen LogP) is 7.68. The molecule has 3 aromatic carbocycles. The fourth-order valence-electron chi connectivity index (χ4n) is 5.09. The Bertz CT molecular complexity index is 1670. The molecule has 0 saturated heterocycles. The Hall–Kier alpha value is -4.91. The third-order valence-electron chi connectivity index (χ3n) is 7.52. The summed E-state index contributed by atoms with van der Waals surface area (Å²) in [4.78, 5) is 29.3. The summed E-state index contributed by atoms with van der Waals surface area (Å²) >= 11 is 0. The van der Waals surface area contributed by atoms with Crippen LogP contribution in [0.5, 0.6) is 0 Å². The molecular formula is C33H28N2O5. The van der Waals surface area contributed by atoms with Gasteiger partial charge in [0.2, 0.25) is 0 Å². The van der Waals surface area contributed by atoms with E-state index in [2.05, 4.69) is 10.3 Å². The van der Waals surface area contributed by atoms with Crippen molar-refractivity contribution in [2.75, 3.05) is 12.4 Å². The van der Waals surface area contributed by atoms with Crippen LogP contribution in [0.1, 0.15) is 37.0 Å². The van der Waals surface area contributed by atoms with E-state index in [1.165, 1.54) is 7.11 Å². The molecule has 6 rings (SSSR count). The van der Waals surface area contributed by atoms with Crippen molar-refractivity contribution >= 4 is 28.7 Å². The third kappa shape index (κ3) is 4.71. The van der Waals surface area contributed by atoms with Gasteiger partial charge in [-0.2, -0.15) is 0 Å². The Labute approximate surface area is 231 Å². The van der Waals surface area contributed by atoms with Gasteiger partial charge in [-0.25, -0.2) is 4.79 Å². The number of nitrogens with one attached hydrogen (secondary N) is 1. The van der Waals surface area contributed by atoms with E-state index in [9.17, 15) is 9.59 Å². The van der Waals surface area contributed by atoms with E-state index in [0.717, 1.165) is 46.0 Å². The van der Waals surface area contributed by atoms with Crippen molar-refractivity contribution in [3.05, 3.63) is 108 Å². The molecular weight excluding hydrogens is 504 g/mol. The molecule has 0 unspecified atom stereocenters. The molecule has 0 bridgehead atoms. The fraction of sp³-hybridized carbons (Fsp3) is 0.182. The van der Waals surface area contributed by atoms with Gasteiger partial charge in [0.1, 0.15) is 6.10 Å². The van der Waals surface area contributed by atoms with E-state index in [1.807, 2.05) is 85.8 Å². The number of benzene rings is 3. The topological polar surface area (TPSA) is 90.7 Å². The first-order chi connectivity index (χ1) is 19.5. The van der Waals surface area contributed by atoms with Crippen LogP contribution in [0.2, 0.25) is 0 Å². The number of hydrogen-bond acceptors (Lipinski definition) is 6. The minimum absolute atomic E-state index is 0.173. The first kappa shape index (κ1) is 25.4. The van der Waals surface area contributed by atoms with Gasteiger partial charge in [0.15, 0.2) is 11.3 Å². The summed E-state index contributed by atoms with van der Waals surface area (Å²) < 4.78 is 16.8. The molecule has 1 fully saturated rings.